The lowest BCUT2D eigenvalue weighted by molar-refractivity contribution is 0.0690. The number of aryl methyl sites for hydroxylation is 1. The summed E-state index contributed by atoms with van der Waals surface area (Å²) in [6, 6.07) is 3.76. The molecular formula is C14H21N3O. The maximum atomic E-state index is 12.2. The van der Waals surface area contributed by atoms with Crippen molar-refractivity contribution in [2.75, 3.05) is 26.7 Å². The summed E-state index contributed by atoms with van der Waals surface area (Å²) < 4.78 is 0. The van der Waals surface area contributed by atoms with Crippen LogP contribution in [0.25, 0.3) is 0 Å². The van der Waals surface area contributed by atoms with E-state index in [4.69, 9.17) is 0 Å². The molecule has 2 heterocycles. The molecule has 0 bridgehead atoms. The molecule has 4 nitrogen and oxygen atoms in total. The third-order valence-corrected chi connectivity index (χ3v) is 3.55. The summed E-state index contributed by atoms with van der Waals surface area (Å²) in [7, 11) is 1.98. The van der Waals surface area contributed by atoms with Gasteiger partial charge in [0.25, 0.3) is 5.91 Å². The van der Waals surface area contributed by atoms with Crippen LogP contribution in [0.4, 0.5) is 0 Å². The van der Waals surface area contributed by atoms with Gasteiger partial charge in [0.15, 0.2) is 0 Å². The van der Waals surface area contributed by atoms with Crippen molar-refractivity contribution < 1.29 is 4.79 Å². The van der Waals surface area contributed by atoms with E-state index in [1.807, 2.05) is 31.0 Å². The molecule has 0 atom stereocenters. The van der Waals surface area contributed by atoms with Crippen LogP contribution in [0.3, 0.4) is 0 Å². The van der Waals surface area contributed by atoms with Crippen LogP contribution in [-0.4, -0.2) is 42.5 Å². The molecule has 1 aliphatic rings. The zero-order chi connectivity index (χ0) is 13.0. The summed E-state index contributed by atoms with van der Waals surface area (Å²) in [5.74, 6) is 0.820. The van der Waals surface area contributed by atoms with Crippen LogP contribution in [0.2, 0.25) is 0 Å². The van der Waals surface area contributed by atoms with E-state index >= 15 is 0 Å². The maximum absolute atomic E-state index is 12.2. The van der Waals surface area contributed by atoms with E-state index in [-0.39, 0.29) is 5.91 Å². The molecule has 0 spiro atoms. The predicted octanol–water partition coefficient (Wildman–Crippen LogP) is 1.46. The highest BCUT2D eigenvalue weighted by Crippen LogP contribution is 2.18. The van der Waals surface area contributed by atoms with E-state index in [0.29, 0.717) is 11.5 Å². The molecule has 0 unspecified atom stereocenters. The molecule has 18 heavy (non-hydrogen) atoms. The number of rotatable bonds is 3. The second kappa shape index (κ2) is 5.96. The zero-order valence-corrected chi connectivity index (χ0v) is 11.1. The van der Waals surface area contributed by atoms with E-state index in [2.05, 4.69) is 10.3 Å². The smallest absolute Gasteiger partial charge is 0.255 e. The first-order valence-electron chi connectivity index (χ1n) is 6.57. The summed E-state index contributed by atoms with van der Waals surface area (Å²) in [4.78, 5) is 18.4. The minimum atomic E-state index is 0.116. The summed E-state index contributed by atoms with van der Waals surface area (Å²) in [5.41, 5.74) is 1.65. The first kappa shape index (κ1) is 13.0. The monoisotopic (exact) mass is 247 g/mol. The molecule has 1 aliphatic heterocycles. The van der Waals surface area contributed by atoms with Crippen molar-refractivity contribution >= 4 is 5.91 Å². The van der Waals surface area contributed by atoms with Gasteiger partial charge in [-0.3, -0.25) is 9.78 Å². The van der Waals surface area contributed by atoms with Gasteiger partial charge in [-0.15, -0.1) is 0 Å². The quantitative estimate of drug-likeness (QED) is 0.879. The fourth-order valence-corrected chi connectivity index (χ4v) is 2.41. The molecule has 1 saturated heterocycles. The largest absolute Gasteiger partial charge is 0.339 e. The highest BCUT2D eigenvalue weighted by atomic mass is 16.2. The Morgan fingerprint density at radius 1 is 1.44 bits per heavy atom. The summed E-state index contributed by atoms with van der Waals surface area (Å²) in [5, 5.41) is 3.21. The summed E-state index contributed by atoms with van der Waals surface area (Å²) >= 11 is 0. The Labute approximate surface area is 108 Å². The molecule has 1 N–H and O–H groups in total. The number of nitrogens with zero attached hydrogens (tertiary/aromatic N) is 2. The lowest BCUT2D eigenvalue weighted by Crippen LogP contribution is -2.40. The van der Waals surface area contributed by atoms with Gasteiger partial charge >= 0.3 is 0 Å². The number of carbonyl (C=O) groups is 1. The van der Waals surface area contributed by atoms with Gasteiger partial charge in [-0.2, -0.15) is 0 Å². The molecular weight excluding hydrogens is 226 g/mol. The van der Waals surface area contributed by atoms with Crippen LogP contribution in [0.15, 0.2) is 18.3 Å². The predicted molar refractivity (Wildman–Crippen MR) is 71.5 cm³/mol. The molecule has 98 valence electrons. The molecule has 4 heteroatoms. The number of hydrogen-bond acceptors (Lipinski definition) is 3. The lowest BCUT2D eigenvalue weighted by Gasteiger charge is -2.31. The Kier molecular flexibility index (Phi) is 4.31. The Balaban J connectivity index is 1.93. The van der Waals surface area contributed by atoms with E-state index in [1.54, 1.807) is 6.20 Å². The van der Waals surface area contributed by atoms with Crippen LogP contribution in [-0.2, 0) is 0 Å². The first-order valence-corrected chi connectivity index (χ1v) is 6.57. The Bertz CT molecular complexity index is 394. The second-order valence-electron chi connectivity index (χ2n) is 4.98. The Morgan fingerprint density at radius 2 is 2.17 bits per heavy atom. The van der Waals surface area contributed by atoms with E-state index in [9.17, 15) is 4.79 Å². The van der Waals surface area contributed by atoms with Gasteiger partial charge in [-0.1, -0.05) is 0 Å². The Morgan fingerprint density at radius 3 is 2.72 bits per heavy atom. The average molecular weight is 247 g/mol. The van der Waals surface area contributed by atoms with Gasteiger partial charge in [0.1, 0.15) is 0 Å². The van der Waals surface area contributed by atoms with Gasteiger partial charge in [-0.05, 0) is 51.4 Å². The van der Waals surface area contributed by atoms with Gasteiger partial charge in [0, 0.05) is 25.0 Å². The molecule has 1 amide bonds. The van der Waals surface area contributed by atoms with E-state index < -0.39 is 0 Å². The van der Waals surface area contributed by atoms with Gasteiger partial charge in [0.2, 0.25) is 0 Å². The van der Waals surface area contributed by atoms with Crippen LogP contribution in [0.1, 0.15) is 28.9 Å². The van der Waals surface area contributed by atoms with Gasteiger partial charge in [-0.25, -0.2) is 0 Å². The second-order valence-corrected chi connectivity index (χ2v) is 4.98. The molecule has 1 fully saturated rings. The highest BCUT2D eigenvalue weighted by Gasteiger charge is 2.23. The molecule has 0 saturated carbocycles. The number of piperidine rings is 1. The summed E-state index contributed by atoms with van der Waals surface area (Å²) in [6.45, 7) is 4.70. The molecule has 0 radical (unpaired) electrons. The average Bonchev–Trinajstić information content (AvgIpc) is 2.40. The standard InChI is InChI=1S/C14H21N3O/c1-11-3-4-13(10-16-11)14(18)17-7-5-12(6-8-17)9-15-2/h3-4,10,12,15H,5-9H2,1-2H3. The van der Waals surface area contributed by atoms with Crippen LogP contribution in [0.5, 0.6) is 0 Å². The van der Waals surface area contributed by atoms with Crippen molar-refractivity contribution in [2.24, 2.45) is 5.92 Å². The van der Waals surface area contributed by atoms with Crippen molar-refractivity contribution in [2.45, 2.75) is 19.8 Å². The van der Waals surface area contributed by atoms with Crippen molar-refractivity contribution in [3.63, 3.8) is 0 Å². The molecule has 1 aromatic heterocycles. The van der Waals surface area contributed by atoms with E-state index in [0.717, 1.165) is 38.2 Å². The third-order valence-electron chi connectivity index (χ3n) is 3.55. The lowest BCUT2D eigenvalue weighted by atomic mass is 9.96. The number of hydrogen-bond donors (Lipinski definition) is 1. The fourth-order valence-electron chi connectivity index (χ4n) is 2.41. The number of amides is 1. The Hall–Kier alpha value is -1.42. The topological polar surface area (TPSA) is 45.2 Å². The number of carbonyl (C=O) groups excluding carboxylic acids is 1. The van der Waals surface area contributed by atoms with Gasteiger partial charge < -0.3 is 10.2 Å². The molecule has 2 rings (SSSR count). The third kappa shape index (κ3) is 3.07. The van der Waals surface area contributed by atoms with E-state index in [1.165, 1.54) is 0 Å². The number of aromatic nitrogens is 1. The van der Waals surface area contributed by atoms with Gasteiger partial charge in [0.05, 0.1) is 5.56 Å². The maximum Gasteiger partial charge on any atom is 0.255 e. The highest BCUT2D eigenvalue weighted by molar-refractivity contribution is 5.93. The molecule has 0 aromatic carbocycles. The zero-order valence-electron chi connectivity index (χ0n) is 11.1. The SMILES string of the molecule is CNCC1CCN(C(=O)c2ccc(C)nc2)CC1. The number of nitrogens with one attached hydrogen (secondary N) is 1. The first-order chi connectivity index (χ1) is 8.70. The molecule has 0 aliphatic carbocycles. The molecule has 1 aromatic rings. The summed E-state index contributed by atoms with van der Waals surface area (Å²) in [6.07, 6.45) is 3.86. The number of pyridine rings is 1. The van der Waals surface area contributed by atoms with Crippen molar-refractivity contribution in [3.8, 4) is 0 Å². The van der Waals surface area contributed by atoms with Crippen LogP contribution < -0.4 is 5.32 Å². The van der Waals surface area contributed by atoms with Crippen LogP contribution in [0, 0.1) is 12.8 Å². The van der Waals surface area contributed by atoms with Crippen molar-refractivity contribution in [1.29, 1.82) is 0 Å². The van der Waals surface area contributed by atoms with Crippen molar-refractivity contribution in [1.82, 2.24) is 15.2 Å². The fraction of sp³-hybridized carbons (Fsp3) is 0.571. The van der Waals surface area contributed by atoms with Crippen molar-refractivity contribution in [3.05, 3.63) is 29.6 Å². The number of likely N-dealkylation sites (tertiary alicyclic amines) is 1. The van der Waals surface area contributed by atoms with Crippen LogP contribution >= 0.6 is 0 Å². The normalized spacial score (nSPS) is 16.9. The minimum absolute atomic E-state index is 0.116. The minimum Gasteiger partial charge on any atom is -0.339 e.